The summed E-state index contributed by atoms with van der Waals surface area (Å²) in [4.78, 5) is 16.2. The van der Waals surface area contributed by atoms with Gasteiger partial charge in [0.25, 0.3) is 5.91 Å². The molecule has 0 bridgehead atoms. The highest BCUT2D eigenvalue weighted by Gasteiger charge is 2.19. The van der Waals surface area contributed by atoms with Crippen molar-refractivity contribution >= 4 is 28.6 Å². The van der Waals surface area contributed by atoms with E-state index in [1.807, 2.05) is 30.3 Å². The van der Waals surface area contributed by atoms with Crippen molar-refractivity contribution < 1.29 is 10.0 Å². The molecule has 1 aliphatic carbocycles. The molecule has 6 heteroatoms. The summed E-state index contributed by atoms with van der Waals surface area (Å²) in [7, 11) is 0. The molecule has 4 rings (SSSR count). The Bertz CT molecular complexity index is 911. The molecule has 0 spiro atoms. The number of rotatable bonds is 5. The number of benzene rings is 2. The zero-order valence-corrected chi connectivity index (χ0v) is 14.5. The van der Waals surface area contributed by atoms with Crippen LogP contribution in [0.4, 0.5) is 11.6 Å². The van der Waals surface area contributed by atoms with Crippen LogP contribution >= 0.6 is 0 Å². The molecular formula is C20H22N4O2. The van der Waals surface area contributed by atoms with Gasteiger partial charge in [0.2, 0.25) is 5.95 Å². The van der Waals surface area contributed by atoms with E-state index in [-0.39, 0.29) is 0 Å². The summed E-state index contributed by atoms with van der Waals surface area (Å²) in [5.74, 6) is 0.992. The lowest BCUT2D eigenvalue weighted by Gasteiger charge is -2.15. The number of hydrogen-bond donors (Lipinski definition) is 3. The minimum atomic E-state index is -0.523. The van der Waals surface area contributed by atoms with E-state index >= 15 is 0 Å². The number of hydroxylamine groups is 1. The summed E-state index contributed by atoms with van der Waals surface area (Å²) in [6.45, 7) is 0.966. The molecule has 0 radical (unpaired) electrons. The Labute approximate surface area is 151 Å². The Kier molecular flexibility index (Phi) is 4.58. The second-order valence-corrected chi connectivity index (χ2v) is 6.83. The Hall–Kier alpha value is -2.86. The predicted octanol–water partition coefficient (Wildman–Crippen LogP) is 4.09. The molecule has 0 atom stereocenters. The number of anilines is 2. The molecule has 0 aliphatic heterocycles. The van der Waals surface area contributed by atoms with Crippen molar-refractivity contribution in [1.29, 1.82) is 0 Å². The number of carbonyl (C=O) groups excluding carboxylic acids is 1. The third-order valence-corrected chi connectivity index (χ3v) is 5.07. The maximum absolute atomic E-state index is 11.4. The van der Waals surface area contributed by atoms with Gasteiger partial charge in [-0.2, -0.15) is 0 Å². The van der Waals surface area contributed by atoms with E-state index in [4.69, 9.17) is 10.2 Å². The van der Waals surface area contributed by atoms with Gasteiger partial charge in [-0.25, -0.2) is 10.5 Å². The minimum absolute atomic E-state index is 0.400. The second-order valence-electron chi connectivity index (χ2n) is 6.83. The summed E-state index contributed by atoms with van der Waals surface area (Å²) < 4.78 is 2.26. The third kappa shape index (κ3) is 3.28. The first kappa shape index (κ1) is 16.6. The maximum Gasteiger partial charge on any atom is 0.274 e. The molecule has 1 heterocycles. The first-order valence-electron chi connectivity index (χ1n) is 9.01. The van der Waals surface area contributed by atoms with Crippen LogP contribution in [0.15, 0.2) is 48.5 Å². The molecule has 3 aromatic rings. The van der Waals surface area contributed by atoms with E-state index < -0.39 is 5.91 Å². The van der Waals surface area contributed by atoms with Crippen LogP contribution in [-0.2, 0) is 6.54 Å². The standard InChI is InChI=1S/C20H22N4O2/c25-19(23-26)15-9-11-16(12-10-15)21-20-22-17-7-3-4-8-18(17)24(20)13-14-5-1-2-6-14/h3-4,7-12,14,26H,1-2,5-6,13H2,(H,21,22)(H,23,25). The van der Waals surface area contributed by atoms with Crippen LogP contribution in [0.3, 0.4) is 0 Å². The number of nitrogens with zero attached hydrogens (tertiary/aromatic N) is 2. The number of imidazole rings is 1. The second kappa shape index (κ2) is 7.17. The average molecular weight is 350 g/mol. The van der Waals surface area contributed by atoms with E-state index in [0.29, 0.717) is 11.5 Å². The lowest BCUT2D eigenvalue weighted by molar-refractivity contribution is 0.0706. The molecular weight excluding hydrogens is 328 g/mol. The zero-order valence-electron chi connectivity index (χ0n) is 14.5. The number of hydrogen-bond acceptors (Lipinski definition) is 4. The first-order valence-corrected chi connectivity index (χ1v) is 9.01. The van der Waals surface area contributed by atoms with E-state index in [9.17, 15) is 4.79 Å². The number of carbonyl (C=O) groups is 1. The molecule has 1 saturated carbocycles. The van der Waals surface area contributed by atoms with Crippen LogP contribution in [0.5, 0.6) is 0 Å². The van der Waals surface area contributed by atoms with Gasteiger partial charge in [0.1, 0.15) is 0 Å². The lowest BCUT2D eigenvalue weighted by atomic mass is 10.1. The van der Waals surface area contributed by atoms with Crippen LogP contribution in [0, 0.1) is 5.92 Å². The Balaban J connectivity index is 1.63. The number of fused-ring (bicyclic) bond motifs is 1. The lowest BCUT2D eigenvalue weighted by Crippen LogP contribution is -2.18. The largest absolute Gasteiger partial charge is 0.326 e. The number of para-hydroxylation sites is 2. The third-order valence-electron chi connectivity index (χ3n) is 5.07. The Morgan fingerprint density at radius 3 is 2.58 bits per heavy atom. The Morgan fingerprint density at radius 1 is 1.12 bits per heavy atom. The molecule has 0 saturated heterocycles. The highest BCUT2D eigenvalue weighted by atomic mass is 16.5. The Morgan fingerprint density at radius 2 is 1.85 bits per heavy atom. The smallest absolute Gasteiger partial charge is 0.274 e. The van der Waals surface area contributed by atoms with Crippen molar-refractivity contribution in [2.75, 3.05) is 5.32 Å². The van der Waals surface area contributed by atoms with Crippen molar-refractivity contribution in [1.82, 2.24) is 15.0 Å². The fraction of sp³-hybridized carbons (Fsp3) is 0.300. The molecule has 134 valence electrons. The summed E-state index contributed by atoms with van der Waals surface area (Å²) in [5.41, 5.74) is 5.01. The molecule has 0 unspecified atom stereocenters. The molecule has 1 aromatic heterocycles. The van der Waals surface area contributed by atoms with Crippen LogP contribution in [0.2, 0.25) is 0 Å². The predicted molar refractivity (Wildman–Crippen MR) is 101 cm³/mol. The quantitative estimate of drug-likeness (QED) is 0.478. The zero-order chi connectivity index (χ0) is 17.9. The molecule has 6 nitrogen and oxygen atoms in total. The average Bonchev–Trinajstić information content (AvgIpc) is 3.31. The van der Waals surface area contributed by atoms with Gasteiger partial charge in [-0.1, -0.05) is 25.0 Å². The molecule has 1 aliphatic rings. The van der Waals surface area contributed by atoms with Gasteiger partial charge in [-0.15, -0.1) is 0 Å². The summed E-state index contributed by atoms with van der Waals surface area (Å²) >= 11 is 0. The number of aromatic nitrogens is 2. The van der Waals surface area contributed by atoms with Crippen LogP contribution < -0.4 is 10.8 Å². The minimum Gasteiger partial charge on any atom is -0.326 e. The van der Waals surface area contributed by atoms with Gasteiger partial charge in [0, 0.05) is 17.8 Å². The summed E-state index contributed by atoms with van der Waals surface area (Å²) in [6.07, 6.45) is 5.18. The van der Waals surface area contributed by atoms with E-state index in [2.05, 4.69) is 16.0 Å². The van der Waals surface area contributed by atoms with E-state index in [1.165, 1.54) is 25.7 Å². The molecule has 1 fully saturated rings. The van der Waals surface area contributed by atoms with Crippen molar-refractivity contribution in [2.24, 2.45) is 5.92 Å². The highest BCUT2D eigenvalue weighted by Crippen LogP contribution is 2.30. The molecule has 3 N–H and O–H groups in total. The fourth-order valence-electron chi connectivity index (χ4n) is 3.71. The first-order chi connectivity index (χ1) is 12.7. The molecule has 26 heavy (non-hydrogen) atoms. The van der Waals surface area contributed by atoms with Crippen LogP contribution in [0.1, 0.15) is 36.0 Å². The maximum atomic E-state index is 11.4. The van der Waals surface area contributed by atoms with Crippen molar-refractivity contribution in [2.45, 2.75) is 32.2 Å². The van der Waals surface area contributed by atoms with Crippen molar-refractivity contribution in [3.8, 4) is 0 Å². The monoisotopic (exact) mass is 350 g/mol. The van der Waals surface area contributed by atoms with Gasteiger partial charge in [-0.3, -0.25) is 10.0 Å². The van der Waals surface area contributed by atoms with Gasteiger partial charge < -0.3 is 9.88 Å². The van der Waals surface area contributed by atoms with Crippen molar-refractivity contribution in [3.05, 3.63) is 54.1 Å². The van der Waals surface area contributed by atoms with E-state index in [0.717, 1.165) is 29.2 Å². The SMILES string of the molecule is O=C(NO)c1ccc(Nc2nc3ccccc3n2CC2CCCC2)cc1. The van der Waals surface area contributed by atoms with Gasteiger partial charge in [-0.05, 0) is 55.2 Å². The van der Waals surface area contributed by atoms with E-state index in [1.54, 1.807) is 17.6 Å². The molecule has 2 aromatic carbocycles. The summed E-state index contributed by atoms with van der Waals surface area (Å²) in [6, 6.07) is 15.1. The summed E-state index contributed by atoms with van der Waals surface area (Å²) in [5, 5.41) is 12.1. The highest BCUT2D eigenvalue weighted by molar-refractivity contribution is 5.93. The fourth-order valence-corrected chi connectivity index (χ4v) is 3.71. The van der Waals surface area contributed by atoms with Crippen LogP contribution in [-0.4, -0.2) is 20.7 Å². The van der Waals surface area contributed by atoms with Crippen molar-refractivity contribution in [3.63, 3.8) is 0 Å². The van der Waals surface area contributed by atoms with Gasteiger partial charge >= 0.3 is 0 Å². The topological polar surface area (TPSA) is 79.2 Å². The van der Waals surface area contributed by atoms with Gasteiger partial charge in [0.05, 0.1) is 11.0 Å². The number of nitrogens with one attached hydrogen (secondary N) is 2. The number of amides is 1. The van der Waals surface area contributed by atoms with Gasteiger partial charge in [0.15, 0.2) is 0 Å². The molecule has 1 amide bonds. The normalized spacial score (nSPS) is 14.7. The van der Waals surface area contributed by atoms with Crippen LogP contribution in [0.25, 0.3) is 11.0 Å².